The van der Waals surface area contributed by atoms with E-state index in [1.54, 1.807) is 0 Å². The van der Waals surface area contributed by atoms with E-state index in [0.29, 0.717) is 17.9 Å². The summed E-state index contributed by atoms with van der Waals surface area (Å²) in [5.74, 6) is 1.12. The molecule has 2 aliphatic carbocycles. The SMILES string of the molecule is N#CC1(N2CCOCC2)[C@@H]2CC(NCc3ccccc3)C[C@@H]21. The van der Waals surface area contributed by atoms with Gasteiger partial charge in [-0.25, -0.2) is 0 Å². The van der Waals surface area contributed by atoms with Crippen molar-refractivity contribution in [1.82, 2.24) is 10.2 Å². The third kappa shape index (κ3) is 2.25. The summed E-state index contributed by atoms with van der Waals surface area (Å²) in [6, 6.07) is 13.8. The highest BCUT2D eigenvalue weighted by molar-refractivity contribution is 5.33. The van der Waals surface area contributed by atoms with Crippen LogP contribution in [0.25, 0.3) is 0 Å². The Morgan fingerprint density at radius 1 is 1.18 bits per heavy atom. The Morgan fingerprint density at radius 2 is 1.86 bits per heavy atom. The quantitative estimate of drug-likeness (QED) is 0.920. The van der Waals surface area contributed by atoms with Crippen molar-refractivity contribution in [3.05, 3.63) is 35.9 Å². The van der Waals surface area contributed by atoms with Crippen LogP contribution >= 0.6 is 0 Å². The Morgan fingerprint density at radius 3 is 2.50 bits per heavy atom. The molecular formula is C18H23N3O. The summed E-state index contributed by atoms with van der Waals surface area (Å²) in [6.07, 6.45) is 2.28. The molecule has 4 heteroatoms. The van der Waals surface area contributed by atoms with E-state index in [1.165, 1.54) is 5.56 Å². The van der Waals surface area contributed by atoms with E-state index in [1.807, 2.05) is 0 Å². The molecule has 1 aromatic carbocycles. The molecule has 0 aromatic heterocycles. The topological polar surface area (TPSA) is 48.3 Å². The van der Waals surface area contributed by atoms with Gasteiger partial charge >= 0.3 is 0 Å². The molecule has 4 nitrogen and oxygen atoms in total. The van der Waals surface area contributed by atoms with Gasteiger partial charge in [0.2, 0.25) is 0 Å². The van der Waals surface area contributed by atoms with Crippen LogP contribution in [0.4, 0.5) is 0 Å². The number of hydrogen-bond donors (Lipinski definition) is 1. The van der Waals surface area contributed by atoms with Crippen molar-refractivity contribution in [2.24, 2.45) is 11.8 Å². The minimum Gasteiger partial charge on any atom is -0.379 e. The van der Waals surface area contributed by atoms with Gasteiger partial charge in [-0.05, 0) is 30.2 Å². The van der Waals surface area contributed by atoms with Crippen LogP contribution < -0.4 is 5.32 Å². The van der Waals surface area contributed by atoms with Gasteiger partial charge in [-0.3, -0.25) is 4.90 Å². The first-order valence-electron chi connectivity index (χ1n) is 8.36. The van der Waals surface area contributed by atoms with Crippen LogP contribution in [0.2, 0.25) is 0 Å². The molecule has 2 saturated carbocycles. The van der Waals surface area contributed by atoms with Crippen LogP contribution in [0, 0.1) is 23.2 Å². The van der Waals surface area contributed by atoms with Crippen molar-refractivity contribution in [2.45, 2.75) is 31.0 Å². The molecule has 1 saturated heterocycles. The van der Waals surface area contributed by atoms with Crippen molar-refractivity contribution in [2.75, 3.05) is 26.3 Å². The van der Waals surface area contributed by atoms with Crippen LogP contribution in [0.5, 0.6) is 0 Å². The van der Waals surface area contributed by atoms with E-state index in [9.17, 15) is 5.26 Å². The fraction of sp³-hybridized carbons (Fsp3) is 0.611. The molecule has 1 aromatic rings. The average molecular weight is 297 g/mol. The van der Waals surface area contributed by atoms with Crippen molar-refractivity contribution >= 4 is 0 Å². The van der Waals surface area contributed by atoms with Gasteiger partial charge in [0.25, 0.3) is 0 Å². The van der Waals surface area contributed by atoms with Crippen LogP contribution in [0.3, 0.4) is 0 Å². The maximum atomic E-state index is 9.76. The number of nitrogens with one attached hydrogen (secondary N) is 1. The molecule has 0 spiro atoms. The van der Waals surface area contributed by atoms with E-state index >= 15 is 0 Å². The fourth-order valence-corrected chi connectivity index (χ4v) is 4.58. The van der Waals surface area contributed by atoms with Crippen molar-refractivity contribution in [3.8, 4) is 6.07 Å². The summed E-state index contributed by atoms with van der Waals surface area (Å²) in [4.78, 5) is 2.39. The Hall–Kier alpha value is -1.41. The highest BCUT2D eigenvalue weighted by Crippen LogP contribution is 2.63. The molecule has 0 bridgehead atoms. The second-order valence-electron chi connectivity index (χ2n) is 6.78. The maximum Gasteiger partial charge on any atom is 0.115 e. The predicted molar refractivity (Wildman–Crippen MR) is 84.0 cm³/mol. The van der Waals surface area contributed by atoms with Gasteiger partial charge in [-0.2, -0.15) is 5.26 Å². The van der Waals surface area contributed by atoms with Crippen molar-refractivity contribution < 1.29 is 4.74 Å². The van der Waals surface area contributed by atoms with Crippen molar-refractivity contribution in [3.63, 3.8) is 0 Å². The smallest absolute Gasteiger partial charge is 0.115 e. The summed E-state index contributed by atoms with van der Waals surface area (Å²) >= 11 is 0. The molecule has 116 valence electrons. The molecule has 4 atom stereocenters. The highest BCUT2D eigenvalue weighted by atomic mass is 16.5. The van der Waals surface area contributed by atoms with Crippen LogP contribution in [-0.4, -0.2) is 42.8 Å². The third-order valence-corrected chi connectivity index (χ3v) is 5.74. The van der Waals surface area contributed by atoms with E-state index < -0.39 is 0 Å². The lowest BCUT2D eigenvalue weighted by molar-refractivity contribution is 0.0127. The minimum atomic E-state index is -0.172. The lowest BCUT2D eigenvalue weighted by atomic mass is 10.0. The first-order valence-corrected chi connectivity index (χ1v) is 8.36. The zero-order valence-electron chi connectivity index (χ0n) is 12.9. The molecule has 22 heavy (non-hydrogen) atoms. The average Bonchev–Trinajstić information content (AvgIpc) is 2.98. The molecule has 1 heterocycles. The lowest BCUT2D eigenvalue weighted by Crippen LogP contribution is -2.48. The van der Waals surface area contributed by atoms with Gasteiger partial charge in [0.1, 0.15) is 5.54 Å². The lowest BCUT2D eigenvalue weighted by Gasteiger charge is -2.34. The summed E-state index contributed by atoms with van der Waals surface area (Å²) in [5, 5.41) is 13.4. The van der Waals surface area contributed by atoms with Crippen LogP contribution in [0.15, 0.2) is 30.3 Å². The Bertz CT molecular complexity index is 549. The summed E-state index contributed by atoms with van der Waals surface area (Å²) in [6.45, 7) is 4.32. The number of morpholine rings is 1. The fourth-order valence-electron chi connectivity index (χ4n) is 4.58. The maximum absolute atomic E-state index is 9.76. The largest absolute Gasteiger partial charge is 0.379 e. The number of rotatable bonds is 4. The minimum absolute atomic E-state index is 0.172. The van der Waals surface area contributed by atoms with Crippen LogP contribution in [-0.2, 0) is 11.3 Å². The summed E-state index contributed by atoms with van der Waals surface area (Å²) < 4.78 is 5.43. The van der Waals surface area contributed by atoms with Gasteiger partial charge in [-0.15, -0.1) is 0 Å². The normalized spacial score (nSPS) is 37.5. The number of nitriles is 1. The number of nitrogens with zero attached hydrogens (tertiary/aromatic N) is 2. The summed E-state index contributed by atoms with van der Waals surface area (Å²) in [5.41, 5.74) is 1.16. The Kier molecular flexibility index (Phi) is 3.65. The van der Waals surface area contributed by atoms with Crippen LogP contribution in [0.1, 0.15) is 18.4 Å². The number of benzene rings is 1. The van der Waals surface area contributed by atoms with Gasteiger partial charge in [-0.1, -0.05) is 30.3 Å². The number of ether oxygens (including phenoxy) is 1. The summed E-state index contributed by atoms with van der Waals surface area (Å²) in [7, 11) is 0. The number of hydrogen-bond acceptors (Lipinski definition) is 4. The molecule has 0 radical (unpaired) electrons. The molecule has 3 aliphatic rings. The molecule has 1 aliphatic heterocycles. The Balaban J connectivity index is 1.33. The molecular weight excluding hydrogens is 274 g/mol. The highest BCUT2D eigenvalue weighted by Gasteiger charge is 2.71. The molecule has 4 rings (SSSR count). The number of fused-ring (bicyclic) bond motifs is 1. The van der Waals surface area contributed by atoms with Gasteiger partial charge in [0, 0.05) is 25.7 Å². The molecule has 2 unspecified atom stereocenters. The standard InChI is InChI=1S/C18H23N3O/c19-13-18(21-6-8-22-9-7-21)16-10-15(11-17(16)18)20-12-14-4-2-1-3-5-14/h1-5,15-17,20H,6-12H2/t15?,16-,17+,18?. The second kappa shape index (κ2) is 5.66. The van der Waals surface area contributed by atoms with Gasteiger partial charge in [0.05, 0.1) is 19.3 Å². The molecule has 1 N–H and O–H groups in total. The monoisotopic (exact) mass is 297 g/mol. The first-order chi connectivity index (χ1) is 10.8. The second-order valence-corrected chi connectivity index (χ2v) is 6.78. The van der Waals surface area contributed by atoms with E-state index in [-0.39, 0.29) is 5.54 Å². The third-order valence-electron chi connectivity index (χ3n) is 5.74. The van der Waals surface area contributed by atoms with Crippen molar-refractivity contribution in [1.29, 1.82) is 5.26 Å². The van der Waals surface area contributed by atoms with E-state index in [4.69, 9.17) is 4.74 Å². The molecule has 3 fully saturated rings. The zero-order valence-corrected chi connectivity index (χ0v) is 12.9. The van der Waals surface area contributed by atoms with Gasteiger partial charge in [0.15, 0.2) is 0 Å². The van der Waals surface area contributed by atoms with Gasteiger partial charge < -0.3 is 10.1 Å². The zero-order chi connectivity index (χ0) is 15.0. The molecule has 0 amide bonds. The predicted octanol–water partition coefficient (Wildman–Crippen LogP) is 1.78. The van der Waals surface area contributed by atoms with E-state index in [2.05, 4.69) is 46.6 Å². The first kappa shape index (κ1) is 14.2. The Labute approximate surface area is 132 Å². The van der Waals surface area contributed by atoms with E-state index in [0.717, 1.165) is 45.7 Å².